The SMILES string of the molecule is CC(F)(F)COc1nc2c(s1)CCN(CC[C@H]1CC[C@H](NC(=O)COc3cccc(Cl)n3)CC1)C2. The summed E-state index contributed by atoms with van der Waals surface area (Å²) in [5, 5.41) is 3.73. The van der Waals surface area contributed by atoms with Gasteiger partial charge in [-0.05, 0) is 57.1 Å². The van der Waals surface area contributed by atoms with Crippen molar-refractivity contribution in [2.24, 2.45) is 5.92 Å². The van der Waals surface area contributed by atoms with Crippen LogP contribution in [0.2, 0.25) is 5.15 Å². The summed E-state index contributed by atoms with van der Waals surface area (Å²) in [4.78, 5) is 24.2. The number of rotatable bonds is 10. The van der Waals surface area contributed by atoms with E-state index in [1.807, 2.05) is 0 Å². The molecule has 1 saturated carbocycles. The standard InChI is InChI=1S/C24H31ClF2N4O3S/c1-24(26,27)15-34-23-29-18-13-31(12-10-19(18)35-23)11-9-16-5-7-17(8-6-16)28-21(32)14-33-22-4-2-3-20(25)30-22/h2-4,16-17H,5-15H2,1H3,(H,28,32)/t16-,17-. The van der Waals surface area contributed by atoms with E-state index in [1.54, 1.807) is 18.2 Å². The molecule has 0 bridgehead atoms. The first-order valence-electron chi connectivity index (χ1n) is 12.0. The van der Waals surface area contributed by atoms with E-state index in [2.05, 4.69) is 20.2 Å². The van der Waals surface area contributed by atoms with Gasteiger partial charge in [0.05, 0.1) is 5.69 Å². The van der Waals surface area contributed by atoms with E-state index in [-0.39, 0.29) is 18.6 Å². The van der Waals surface area contributed by atoms with E-state index in [0.29, 0.717) is 22.1 Å². The first-order chi connectivity index (χ1) is 16.7. The lowest BCUT2D eigenvalue weighted by Gasteiger charge is -2.31. The summed E-state index contributed by atoms with van der Waals surface area (Å²) in [6.45, 7) is 2.81. The average Bonchev–Trinajstić information content (AvgIpc) is 3.23. The summed E-state index contributed by atoms with van der Waals surface area (Å²) >= 11 is 7.21. The molecule has 11 heteroatoms. The summed E-state index contributed by atoms with van der Waals surface area (Å²) in [7, 11) is 0. The van der Waals surface area contributed by atoms with Crippen LogP contribution in [-0.4, -0.2) is 59.0 Å². The van der Waals surface area contributed by atoms with Crippen molar-refractivity contribution in [1.29, 1.82) is 0 Å². The fraction of sp³-hybridized carbons (Fsp3) is 0.625. The Labute approximate surface area is 213 Å². The van der Waals surface area contributed by atoms with Crippen molar-refractivity contribution in [1.82, 2.24) is 20.2 Å². The van der Waals surface area contributed by atoms with Crippen LogP contribution in [0.25, 0.3) is 0 Å². The monoisotopic (exact) mass is 528 g/mol. The van der Waals surface area contributed by atoms with Crippen LogP contribution in [0.1, 0.15) is 49.6 Å². The second-order valence-corrected chi connectivity index (χ2v) is 10.8. The zero-order valence-electron chi connectivity index (χ0n) is 19.8. The normalized spacial score (nSPS) is 20.8. The van der Waals surface area contributed by atoms with Crippen molar-refractivity contribution in [3.05, 3.63) is 33.9 Å². The number of alkyl halides is 2. The van der Waals surface area contributed by atoms with Crippen molar-refractivity contribution in [2.75, 3.05) is 26.3 Å². The molecule has 0 aromatic carbocycles. The van der Waals surface area contributed by atoms with Crippen LogP contribution in [0.4, 0.5) is 8.78 Å². The zero-order chi connectivity index (χ0) is 24.8. The Morgan fingerprint density at radius 2 is 2.06 bits per heavy atom. The Bertz CT molecular complexity index is 995. The van der Waals surface area contributed by atoms with Gasteiger partial charge < -0.3 is 14.8 Å². The molecule has 192 valence electrons. The number of nitrogens with zero attached hydrogens (tertiary/aromatic N) is 3. The number of nitrogens with one attached hydrogen (secondary N) is 1. The van der Waals surface area contributed by atoms with Gasteiger partial charge in [-0.1, -0.05) is 29.0 Å². The minimum atomic E-state index is -2.86. The minimum absolute atomic E-state index is 0.0749. The number of amides is 1. The summed E-state index contributed by atoms with van der Waals surface area (Å²) in [5.41, 5.74) is 0.956. The second-order valence-electron chi connectivity index (χ2n) is 9.40. The van der Waals surface area contributed by atoms with Crippen LogP contribution in [0.3, 0.4) is 0 Å². The highest BCUT2D eigenvalue weighted by Gasteiger charge is 2.27. The number of hydrogen-bond donors (Lipinski definition) is 1. The van der Waals surface area contributed by atoms with Gasteiger partial charge in [0.2, 0.25) is 5.88 Å². The molecule has 1 amide bonds. The van der Waals surface area contributed by atoms with E-state index >= 15 is 0 Å². The van der Waals surface area contributed by atoms with Crippen molar-refractivity contribution >= 4 is 28.8 Å². The molecule has 1 N–H and O–H groups in total. The largest absolute Gasteiger partial charge is 0.468 e. The third-order valence-electron chi connectivity index (χ3n) is 6.34. The maximum atomic E-state index is 13.0. The topological polar surface area (TPSA) is 76.6 Å². The molecule has 2 aromatic heterocycles. The highest BCUT2D eigenvalue weighted by molar-refractivity contribution is 7.13. The smallest absolute Gasteiger partial charge is 0.278 e. The predicted octanol–water partition coefficient (Wildman–Crippen LogP) is 4.73. The lowest BCUT2D eigenvalue weighted by atomic mass is 9.84. The number of pyridine rings is 1. The van der Waals surface area contributed by atoms with E-state index in [0.717, 1.165) is 75.7 Å². The van der Waals surface area contributed by atoms with Crippen LogP contribution in [-0.2, 0) is 17.8 Å². The van der Waals surface area contributed by atoms with Crippen LogP contribution >= 0.6 is 22.9 Å². The van der Waals surface area contributed by atoms with Crippen molar-refractivity contribution in [3.63, 3.8) is 0 Å². The number of thiazole rings is 1. The van der Waals surface area contributed by atoms with E-state index in [1.165, 1.54) is 11.3 Å². The molecule has 0 atom stereocenters. The molecule has 1 fully saturated rings. The molecule has 0 unspecified atom stereocenters. The Morgan fingerprint density at radius 1 is 1.26 bits per heavy atom. The summed E-state index contributed by atoms with van der Waals surface area (Å²) in [5.74, 6) is -2.03. The summed E-state index contributed by atoms with van der Waals surface area (Å²) < 4.78 is 36.7. The lowest BCUT2D eigenvalue weighted by Crippen LogP contribution is -2.40. The van der Waals surface area contributed by atoms with E-state index in [9.17, 15) is 13.6 Å². The summed E-state index contributed by atoms with van der Waals surface area (Å²) in [6.07, 6.45) is 6.08. The van der Waals surface area contributed by atoms with Crippen molar-refractivity contribution in [3.8, 4) is 11.1 Å². The molecule has 2 aliphatic rings. The Hall–Kier alpha value is -2.04. The molecular weight excluding hydrogens is 498 g/mol. The van der Waals surface area contributed by atoms with E-state index in [4.69, 9.17) is 21.1 Å². The zero-order valence-corrected chi connectivity index (χ0v) is 21.3. The molecule has 0 radical (unpaired) electrons. The minimum Gasteiger partial charge on any atom is -0.468 e. The van der Waals surface area contributed by atoms with Crippen molar-refractivity contribution in [2.45, 2.75) is 64.0 Å². The Balaban J connectivity index is 1.13. The Kier molecular flexibility index (Phi) is 8.77. The maximum Gasteiger partial charge on any atom is 0.278 e. The molecule has 4 rings (SSSR count). The first-order valence-corrected chi connectivity index (χ1v) is 13.2. The number of carbonyl (C=O) groups excluding carboxylic acids is 1. The van der Waals surface area contributed by atoms with Gasteiger partial charge in [-0.15, -0.1) is 0 Å². The molecule has 0 saturated heterocycles. The van der Waals surface area contributed by atoms with Gasteiger partial charge in [0.15, 0.2) is 13.2 Å². The molecule has 0 spiro atoms. The molecule has 35 heavy (non-hydrogen) atoms. The third kappa shape index (κ3) is 8.25. The van der Waals surface area contributed by atoms with Gasteiger partial charge in [0, 0.05) is 37.0 Å². The average molecular weight is 529 g/mol. The molecule has 7 nitrogen and oxygen atoms in total. The number of hydrogen-bond acceptors (Lipinski definition) is 7. The van der Waals surface area contributed by atoms with Gasteiger partial charge in [-0.2, -0.15) is 0 Å². The van der Waals surface area contributed by atoms with E-state index < -0.39 is 12.5 Å². The highest BCUT2D eigenvalue weighted by Crippen LogP contribution is 2.32. The Morgan fingerprint density at radius 3 is 2.80 bits per heavy atom. The maximum absolute atomic E-state index is 13.0. The van der Waals surface area contributed by atoms with Crippen LogP contribution in [0.5, 0.6) is 11.1 Å². The third-order valence-corrected chi connectivity index (χ3v) is 7.62. The van der Waals surface area contributed by atoms with Gasteiger partial charge >= 0.3 is 0 Å². The fourth-order valence-electron chi connectivity index (χ4n) is 4.51. The predicted molar refractivity (Wildman–Crippen MR) is 130 cm³/mol. The molecule has 1 aliphatic heterocycles. The van der Waals surface area contributed by atoms with Crippen LogP contribution in [0, 0.1) is 5.92 Å². The van der Waals surface area contributed by atoms with Crippen LogP contribution < -0.4 is 14.8 Å². The molecule has 2 aromatic rings. The number of halogens is 3. The molecular formula is C24H31ClF2N4O3S. The van der Waals surface area contributed by atoms with Gasteiger partial charge in [-0.3, -0.25) is 9.69 Å². The highest BCUT2D eigenvalue weighted by atomic mass is 35.5. The fourth-order valence-corrected chi connectivity index (χ4v) is 5.57. The second kappa shape index (κ2) is 11.8. The lowest BCUT2D eigenvalue weighted by molar-refractivity contribution is -0.124. The van der Waals surface area contributed by atoms with Gasteiger partial charge in [-0.25, -0.2) is 18.7 Å². The number of ether oxygens (including phenoxy) is 2. The number of aromatic nitrogens is 2. The van der Waals surface area contributed by atoms with Gasteiger partial charge in [0.25, 0.3) is 17.0 Å². The molecule has 1 aliphatic carbocycles. The van der Waals surface area contributed by atoms with Crippen molar-refractivity contribution < 1.29 is 23.0 Å². The van der Waals surface area contributed by atoms with Crippen LogP contribution in [0.15, 0.2) is 18.2 Å². The van der Waals surface area contributed by atoms with Gasteiger partial charge in [0.1, 0.15) is 5.15 Å². The quantitative estimate of drug-likeness (QED) is 0.449. The first kappa shape index (κ1) is 26.0. The molecule has 3 heterocycles. The number of fused-ring (bicyclic) bond motifs is 1. The number of carbonyl (C=O) groups is 1. The summed E-state index contributed by atoms with van der Waals surface area (Å²) in [6, 6.07) is 5.23.